The molecule has 0 spiro atoms. The zero-order valence-electron chi connectivity index (χ0n) is 10.6. The highest BCUT2D eigenvalue weighted by molar-refractivity contribution is 5.81. The Balaban J connectivity index is 2.57. The molecule has 0 saturated carbocycles. The van der Waals surface area contributed by atoms with E-state index >= 15 is 0 Å². The molecule has 0 atom stereocenters. The number of carbonyl (C=O) groups is 1. The van der Waals surface area contributed by atoms with E-state index in [1.54, 1.807) is 31.1 Å². The largest absolute Gasteiger partial charge is 0.365 e. The lowest BCUT2D eigenvalue weighted by atomic mass is 10.3. The molecule has 0 aliphatic carbocycles. The van der Waals surface area contributed by atoms with Crippen LogP contribution in [-0.2, 0) is 4.79 Å². The van der Waals surface area contributed by atoms with Crippen molar-refractivity contribution in [1.82, 2.24) is 4.90 Å². The van der Waals surface area contributed by atoms with E-state index in [-0.39, 0.29) is 18.3 Å². The molecular formula is C13H16FN3O. The lowest BCUT2D eigenvalue weighted by Gasteiger charge is -2.22. The fourth-order valence-electron chi connectivity index (χ4n) is 1.47. The number of carbonyl (C=O) groups excluding carboxylic acids is 1. The zero-order chi connectivity index (χ0) is 13.5. The third-order valence-electron chi connectivity index (χ3n) is 2.61. The first-order valence-electron chi connectivity index (χ1n) is 5.62. The van der Waals surface area contributed by atoms with Crippen LogP contribution in [0.3, 0.4) is 0 Å². The fourth-order valence-corrected chi connectivity index (χ4v) is 1.47. The van der Waals surface area contributed by atoms with Crippen LogP contribution in [0.15, 0.2) is 24.3 Å². The quantitative estimate of drug-likeness (QED) is 0.797. The van der Waals surface area contributed by atoms with Gasteiger partial charge >= 0.3 is 0 Å². The number of halogens is 1. The topological polar surface area (TPSA) is 47.3 Å². The van der Waals surface area contributed by atoms with Crippen molar-refractivity contribution in [2.24, 2.45) is 0 Å². The highest BCUT2D eigenvalue weighted by Gasteiger charge is 2.12. The molecule has 1 rings (SSSR count). The van der Waals surface area contributed by atoms with E-state index in [4.69, 9.17) is 5.26 Å². The van der Waals surface area contributed by atoms with Gasteiger partial charge in [-0.05, 0) is 18.2 Å². The van der Waals surface area contributed by atoms with E-state index in [0.29, 0.717) is 18.7 Å². The third-order valence-corrected chi connectivity index (χ3v) is 2.61. The molecule has 0 fully saturated rings. The maximum absolute atomic E-state index is 13.0. The van der Waals surface area contributed by atoms with Gasteiger partial charge in [0.25, 0.3) is 0 Å². The van der Waals surface area contributed by atoms with Gasteiger partial charge in [0.05, 0.1) is 19.0 Å². The normalized spacial score (nSPS) is 9.67. The SMILES string of the molecule is CN(CCC#N)C(=O)CN(C)c1cccc(F)c1. The van der Waals surface area contributed by atoms with Gasteiger partial charge in [-0.15, -0.1) is 0 Å². The van der Waals surface area contributed by atoms with Gasteiger partial charge in [-0.2, -0.15) is 5.26 Å². The Kier molecular flexibility index (Phi) is 5.12. The Hall–Kier alpha value is -2.09. The maximum Gasteiger partial charge on any atom is 0.241 e. The average molecular weight is 249 g/mol. The molecule has 1 amide bonds. The molecule has 4 nitrogen and oxygen atoms in total. The van der Waals surface area contributed by atoms with Gasteiger partial charge in [-0.3, -0.25) is 4.79 Å². The van der Waals surface area contributed by atoms with E-state index < -0.39 is 0 Å². The maximum atomic E-state index is 13.0. The van der Waals surface area contributed by atoms with Crippen LogP contribution in [0.1, 0.15) is 6.42 Å². The van der Waals surface area contributed by atoms with Gasteiger partial charge in [0.1, 0.15) is 5.82 Å². The highest BCUT2D eigenvalue weighted by atomic mass is 19.1. The van der Waals surface area contributed by atoms with Crippen molar-refractivity contribution in [2.45, 2.75) is 6.42 Å². The van der Waals surface area contributed by atoms with Crippen molar-refractivity contribution >= 4 is 11.6 Å². The Morgan fingerprint density at radius 2 is 2.17 bits per heavy atom. The number of amides is 1. The Morgan fingerprint density at radius 3 is 2.78 bits per heavy atom. The smallest absolute Gasteiger partial charge is 0.241 e. The standard InChI is InChI=1S/C13H16FN3O/c1-16(8-4-7-15)13(18)10-17(2)12-6-3-5-11(14)9-12/h3,5-6,9H,4,8,10H2,1-2H3. The predicted molar refractivity (Wildman–Crippen MR) is 67.5 cm³/mol. The minimum absolute atomic E-state index is 0.1000. The molecule has 1 aromatic carbocycles. The summed E-state index contributed by atoms with van der Waals surface area (Å²) in [5.41, 5.74) is 0.650. The molecule has 0 aromatic heterocycles. The summed E-state index contributed by atoms with van der Waals surface area (Å²) in [6.45, 7) is 0.567. The number of nitrogens with zero attached hydrogens (tertiary/aromatic N) is 3. The van der Waals surface area contributed by atoms with Crippen molar-refractivity contribution in [3.63, 3.8) is 0 Å². The summed E-state index contributed by atoms with van der Waals surface area (Å²) in [4.78, 5) is 15.0. The summed E-state index contributed by atoms with van der Waals surface area (Å²) in [5, 5.41) is 8.45. The molecule has 0 N–H and O–H groups in total. The van der Waals surface area contributed by atoms with Crippen molar-refractivity contribution < 1.29 is 9.18 Å². The molecular weight excluding hydrogens is 233 g/mol. The number of hydrogen-bond acceptors (Lipinski definition) is 3. The summed E-state index contributed by atoms with van der Waals surface area (Å²) in [6, 6.07) is 8.07. The van der Waals surface area contributed by atoms with Crippen LogP contribution >= 0.6 is 0 Å². The molecule has 1 aromatic rings. The second-order valence-electron chi connectivity index (χ2n) is 4.06. The van der Waals surface area contributed by atoms with Crippen molar-refractivity contribution in [3.05, 3.63) is 30.1 Å². The van der Waals surface area contributed by atoms with Crippen LogP contribution < -0.4 is 4.90 Å². The van der Waals surface area contributed by atoms with Gasteiger partial charge < -0.3 is 9.80 Å². The molecule has 5 heteroatoms. The van der Waals surface area contributed by atoms with E-state index in [1.165, 1.54) is 17.0 Å². The van der Waals surface area contributed by atoms with Crippen LogP contribution in [0.2, 0.25) is 0 Å². The molecule has 0 aliphatic heterocycles. The molecule has 18 heavy (non-hydrogen) atoms. The van der Waals surface area contributed by atoms with Crippen LogP contribution in [0.25, 0.3) is 0 Å². The fraction of sp³-hybridized carbons (Fsp3) is 0.385. The Bertz CT molecular complexity index is 456. The van der Waals surface area contributed by atoms with E-state index in [2.05, 4.69) is 0 Å². The zero-order valence-corrected chi connectivity index (χ0v) is 10.6. The summed E-state index contributed by atoms with van der Waals surface area (Å²) < 4.78 is 13.0. The molecule has 0 saturated heterocycles. The number of likely N-dealkylation sites (N-methyl/N-ethyl adjacent to an activating group) is 2. The van der Waals surface area contributed by atoms with Crippen molar-refractivity contribution in [3.8, 4) is 6.07 Å². The van der Waals surface area contributed by atoms with Gasteiger partial charge in [0.2, 0.25) is 5.91 Å². The van der Waals surface area contributed by atoms with Crippen molar-refractivity contribution in [2.75, 3.05) is 32.1 Å². The Labute approximate surface area is 106 Å². The first kappa shape index (κ1) is 14.0. The monoisotopic (exact) mass is 249 g/mol. The summed E-state index contributed by atoms with van der Waals surface area (Å²) >= 11 is 0. The first-order valence-corrected chi connectivity index (χ1v) is 5.62. The minimum atomic E-state index is -0.329. The first-order chi connectivity index (χ1) is 8.54. The molecule has 0 unspecified atom stereocenters. The van der Waals surface area contributed by atoms with E-state index in [1.807, 2.05) is 6.07 Å². The predicted octanol–water partition coefficient (Wildman–Crippen LogP) is 1.63. The molecule has 0 bridgehead atoms. The molecule has 0 aliphatic rings. The van der Waals surface area contributed by atoms with Gasteiger partial charge in [-0.1, -0.05) is 6.07 Å². The summed E-state index contributed by atoms with van der Waals surface area (Å²) in [7, 11) is 3.38. The number of hydrogen-bond donors (Lipinski definition) is 0. The van der Waals surface area contributed by atoms with Crippen molar-refractivity contribution in [1.29, 1.82) is 5.26 Å². The number of benzene rings is 1. The third kappa shape index (κ3) is 4.06. The van der Waals surface area contributed by atoms with E-state index in [9.17, 15) is 9.18 Å². The summed E-state index contributed by atoms with van der Waals surface area (Å²) in [6.07, 6.45) is 0.311. The van der Waals surface area contributed by atoms with Gasteiger partial charge in [0, 0.05) is 26.3 Å². The van der Waals surface area contributed by atoms with Crippen LogP contribution in [0, 0.1) is 17.1 Å². The lowest BCUT2D eigenvalue weighted by Crippen LogP contribution is -2.37. The van der Waals surface area contributed by atoms with Crippen LogP contribution in [0.5, 0.6) is 0 Å². The second kappa shape index (κ2) is 6.60. The lowest BCUT2D eigenvalue weighted by molar-refractivity contribution is -0.128. The Morgan fingerprint density at radius 1 is 1.44 bits per heavy atom. The number of rotatable bonds is 5. The number of anilines is 1. The minimum Gasteiger partial charge on any atom is -0.365 e. The molecule has 0 radical (unpaired) electrons. The van der Waals surface area contributed by atoms with Crippen LogP contribution in [-0.4, -0.2) is 38.0 Å². The van der Waals surface area contributed by atoms with Crippen LogP contribution in [0.4, 0.5) is 10.1 Å². The van der Waals surface area contributed by atoms with Gasteiger partial charge in [-0.25, -0.2) is 4.39 Å². The molecule has 0 heterocycles. The van der Waals surface area contributed by atoms with E-state index in [0.717, 1.165) is 0 Å². The molecule has 96 valence electrons. The average Bonchev–Trinajstić information content (AvgIpc) is 2.35. The summed E-state index contributed by atoms with van der Waals surface area (Å²) in [5.74, 6) is -0.429. The highest BCUT2D eigenvalue weighted by Crippen LogP contribution is 2.13. The van der Waals surface area contributed by atoms with Gasteiger partial charge in [0.15, 0.2) is 0 Å². The second-order valence-corrected chi connectivity index (χ2v) is 4.06. The number of nitriles is 1.